The first-order chi connectivity index (χ1) is 16.3. The predicted octanol–water partition coefficient (Wildman–Crippen LogP) is 7.37. The van der Waals surface area contributed by atoms with E-state index in [1.54, 1.807) is 6.20 Å². The summed E-state index contributed by atoms with van der Waals surface area (Å²) in [4.78, 5) is 20.2. The lowest BCUT2D eigenvalue weighted by Crippen LogP contribution is -2.09. The van der Waals surface area contributed by atoms with Crippen LogP contribution in [0.4, 0.5) is 23.2 Å². The number of hydrogen-bond donors (Lipinski definition) is 2. The Labute approximate surface area is 198 Å². The van der Waals surface area contributed by atoms with E-state index in [0.29, 0.717) is 29.4 Å². The van der Waals surface area contributed by atoms with Crippen molar-refractivity contribution in [2.75, 3.05) is 4.72 Å². The van der Waals surface area contributed by atoms with Crippen LogP contribution in [0.15, 0.2) is 47.6 Å². The zero-order valence-electron chi connectivity index (χ0n) is 19.0. The molecule has 0 atom stereocenters. The molecule has 0 amide bonds. The predicted molar refractivity (Wildman–Crippen MR) is 127 cm³/mol. The second-order valence-electron chi connectivity index (χ2n) is 7.08. The van der Waals surface area contributed by atoms with Gasteiger partial charge in [0.15, 0.2) is 5.82 Å². The van der Waals surface area contributed by atoms with E-state index in [2.05, 4.69) is 14.7 Å². The van der Waals surface area contributed by atoms with Crippen molar-refractivity contribution in [3.63, 3.8) is 0 Å². The third kappa shape index (κ3) is 4.79. The SMILES string of the molecule is CC.CCc1cnc2[nH]cc(C(=O)c3c(F)ccc(NSc4cc(F)ccc4F)c3F)c2c1C. The van der Waals surface area contributed by atoms with Gasteiger partial charge in [0.05, 0.1) is 21.7 Å². The first kappa shape index (κ1) is 25.3. The molecule has 0 fully saturated rings. The van der Waals surface area contributed by atoms with Crippen LogP contribution in [0, 0.1) is 30.2 Å². The molecule has 0 aliphatic heterocycles. The molecular weight excluding hydrogens is 466 g/mol. The largest absolute Gasteiger partial charge is 0.345 e. The van der Waals surface area contributed by atoms with Crippen LogP contribution in [0.3, 0.4) is 0 Å². The average Bonchev–Trinajstić information content (AvgIpc) is 3.27. The lowest BCUT2D eigenvalue weighted by atomic mass is 9.97. The number of ketones is 1. The number of aromatic amines is 1. The van der Waals surface area contributed by atoms with Gasteiger partial charge >= 0.3 is 0 Å². The Morgan fingerprint density at radius 1 is 1.09 bits per heavy atom. The molecule has 34 heavy (non-hydrogen) atoms. The topological polar surface area (TPSA) is 57.8 Å². The van der Waals surface area contributed by atoms with Gasteiger partial charge in [-0.3, -0.25) is 4.79 Å². The molecule has 2 aromatic heterocycles. The number of benzene rings is 2. The van der Waals surface area contributed by atoms with E-state index in [1.807, 2.05) is 27.7 Å². The fourth-order valence-electron chi connectivity index (χ4n) is 3.47. The average molecular weight is 490 g/mol. The van der Waals surface area contributed by atoms with Gasteiger partial charge in [-0.1, -0.05) is 20.8 Å². The molecule has 0 saturated heterocycles. The highest BCUT2D eigenvalue weighted by Gasteiger charge is 2.25. The van der Waals surface area contributed by atoms with Crippen LogP contribution in [0.1, 0.15) is 47.8 Å². The van der Waals surface area contributed by atoms with Crippen molar-refractivity contribution in [1.29, 1.82) is 0 Å². The van der Waals surface area contributed by atoms with Crippen molar-refractivity contribution >= 4 is 34.5 Å². The summed E-state index contributed by atoms with van der Waals surface area (Å²) in [5.74, 6) is -4.40. The number of anilines is 1. The third-order valence-corrected chi connectivity index (χ3v) is 6.03. The Balaban J connectivity index is 0.00000158. The van der Waals surface area contributed by atoms with Crippen molar-refractivity contribution in [2.45, 2.75) is 39.0 Å². The summed E-state index contributed by atoms with van der Waals surface area (Å²) in [6.07, 6.45) is 3.75. The van der Waals surface area contributed by atoms with E-state index in [9.17, 15) is 18.0 Å². The summed E-state index contributed by atoms with van der Waals surface area (Å²) in [5.41, 5.74) is 1.25. The maximum Gasteiger partial charge on any atom is 0.201 e. The van der Waals surface area contributed by atoms with Crippen molar-refractivity contribution < 1.29 is 22.4 Å². The molecule has 4 rings (SSSR count). The molecule has 0 bridgehead atoms. The smallest absolute Gasteiger partial charge is 0.201 e. The molecular formula is C25H23F4N3OS. The summed E-state index contributed by atoms with van der Waals surface area (Å²) in [7, 11) is 0. The van der Waals surface area contributed by atoms with E-state index in [1.165, 1.54) is 6.20 Å². The highest BCUT2D eigenvalue weighted by atomic mass is 32.2. The number of nitrogens with zero attached hydrogens (tertiary/aromatic N) is 1. The monoisotopic (exact) mass is 489 g/mol. The summed E-state index contributed by atoms with van der Waals surface area (Å²) < 4.78 is 59.5. The molecule has 0 unspecified atom stereocenters. The number of carbonyl (C=O) groups excluding carboxylic acids is 1. The molecule has 2 aromatic carbocycles. The zero-order valence-corrected chi connectivity index (χ0v) is 19.8. The summed E-state index contributed by atoms with van der Waals surface area (Å²) in [5, 5.41) is 0.503. The zero-order chi connectivity index (χ0) is 25.0. The van der Waals surface area contributed by atoms with Gasteiger partial charge in [0.1, 0.15) is 23.1 Å². The number of H-pyrrole nitrogens is 1. The van der Waals surface area contributed by atoms with Crippen LogP contribution < -0.4 is 4.72 Å². The second kappa shape index (κ2) is 10.7. The molecule has 0 spiro atoms. The molecule has 0 radical (unpaired) electrons. The number of pyridine rings is 1. The normalized spacial score (nSPS) is 10.7. The van der Waals surface area contributed by atoms with Gasteiger partial charge in [-0.15, -0.1) is 0 Å². The van der Waals surface area contributed by atoms with Crippen LogP contribution in [-0.2, 0) is 6.42 Å². The van der Waals surface area contributed by atoms with Gasteiger partial charge in [0, 0.05) is 17.8 Å². The van der Waals surface area contributed by atoms with Gasteiger partial charge in [0.25, 0.3) is 0 Å². The van der Waals surface area contributed by atoms with Crippen LogP contribution >= 0.6 is 11.9 Å². The molecule has 0 saturated carbocycles. The van der Waals surface area contributed by atoms with Gasteiger partial charge in [-0.05, 0) is 66.8 Å². The summed E-state index contributed by atoms with van der Waals surface area (Å²) in [6, 6.07) is 4.86. The Hall–Kier alpha value is -3.33. The van der Waals surface area contributed by atoms with Crippen LogP contribution in [0.2, 0.25) is 0 Å². The lowest BCUT2D eigenvalue weighted by molar-refractivity contribution is 0.103. The Morgan fingerprint density at radius 3 is 2.50 bits per heavy atom. The Bertz CT molecular complexity index is 1350. The number of aromatic nitrogens is 2. The van der Waals surface area contributed by atoms with E-state index in [4.69, 9.17) is 0 Å². The van der Waals surface area contributed by atoms with Crippen LogP contribution in [0.25, 0.3) is 11.0 Å². The van der Waals surface area contributed by atoms with Crippen LogP contribution in [0.5, 0.6) is 0 Å². The molecule has 9 heteroatoms. The Morgan fingerprint density at radius 2 is 1.79 bits per heavy atom. The van der Waals surface area contributed by atoms with E-state index in [0.717, 1.165) is 41.5 Å². The summed E-state index contributed by atoms with van der Waals surface area (Å²) >= 11 is 0.607. The second-order valence-corrected chi connectivity index (χ2v) is 7.93. The van der Waals surface area contributed by atoms with Crippen molar-refractivity contribution in [2.24, 2.45) is 0 Å². The minimum Gasteiger partial charge on any atom is -0.345 e. The first-order valence-corrected chi connectivity index (χ1v) is 11.5. The number of fused-ring (bicyclic) bond motifs is 1. The lowest BCUT2D eigenvalue weighted by Gasteiger charge is -2.11. The first-order valence-electron chi connectivity index (χ1n) is 10.7. The maximum absolute atomic E-state index is 15.2. The Kier molecular flexibility index (Phi) is 7.98. The standard InChI is InChI=1S/C23H17F4N3OS.C2H6/c1-3-12-9-28-23-19(11(12)2)14(10-29-23)22(31)20-16(26)6-7-17(21(20)27)30-32-18-8-13(24)4-5-15(18)25;1-2/h4-10,30H,3H2,1-2H3,(H,28,29);1-2H3. The molecule has 178 valence electrons. The summed E-state index contributed by atoms with van der Waals surface area (Å²) in [6.45, 7) is 7.76. The third-order valence-electron chi connectivity index (χ3n) is 5.17. The quantitative estimate of drug-likeness (QED) is 0.169. The minimum atomic E-state index is -1.13. The number of hydrogen-bond acceptors (Lipinski definition) is 4. The number of rotatable bonds is 6. The molecule has 2 N–H and O–H groups in total. The highest BCUT2D eigenvalue weighted by Crippen LogP contribution is 2.31. The number of nitrogens with one attached hydrogen (secondary N) is 2. The van der Waals surface area contributed by atoms with Gasteiger partial charge in [-0.25, -0.2) is 22.5 Å². The maximum atomic E-state index is 15.2. The van der Waals surface area contributed by atoms with E-state index >= 15 is 4.39 Å². The number of aryl methyl sites for hydroxylation is 2. The number of halogens is 4. The van der Waals surface area contributed by atoms with E-state index < -0.39 is 34.6 Å². The minimum absolute atomic E-state index is 0.0964. The molecule has 0 aliphatic rings. The number of carbonyl (C=O) groups is 1. The molecule has 4 aromatic rings. The molecule has 0 aliphatic carbocycles. The van der Waals surface area contributed by atoms with Crippen LogP contribution in [-0.4, -0.2) is 15.8 Å². The molecule has 4 nitrogen and oxygen atoms in total. The van der Waals surface area contributed by atoms with Gasteiger partial charge in [0.2, 0.25) is 5.78 Å². The van der Waals surface area contributed by atoms with E-state index in [-0.39, 0.29) is 16.1 Å². The van der Waals surface area contributed by atoms with Gasteiger partial charge in [-0.2, -0.15) is 0 Å². The fraction of sp³-hybridized carbons (Fsp3) is 0.200. The highest BCUT2D eigenvalue weighted by molar-refractivity contribution is 8.00. The van der Waals surface area contributed by atoms with Gasteiger partial charge < -0.3 is 9.71 Å². The van der Waals surface area contributed by atoms with Crippen molar-refractivity contribution in [3.05, 3.63) is 88.2 Å². The fourth-order valence-corrected chi connectivity index (χ4v) is 4.18. The van der Waals surface area contributed by atoms with Crippen molar-refractivity contribution in [1.82, 2.24) is 9.97 Å². The van der Waals surface area contributed by atoms with Crippen molar-refractivity contribution in [3.8, 4) is 0 Å². The molecule has 2 heterocycles.